The number of benzene rings is 1. The number of fused-ring (bicyclic) bond motifs is 3. The monoisotopic (exact) mass is 381 g/mol. The second-order valence-corrected chi connectivity index (χ2v) is 6.66. The first-order valence-electron chi connectivity index (χ1n) is 8.38. The summed E-state index contributed by atoms with van der Waals surface area (Å²) in [6, 6.07) is 12.4. The van der Waals surface area contributed by atoms with E-state index in [0.29, 0.717) is 33.9 Å². The van der Waals surface area contributed by atoms with E-state index < -0.39 is 0 Å². The Labute approximate surface area is 159 Å². The fraction of sp³-hybridized carbons (Fsp3) is 0.158. The largest absolute Gasteiger partial charge is 0.350 e. The molecule has 0 spiro atoms. The van der Waals surface area contributed by atoms with Gasteiger partial charge in [-0.3, -0.25) is 14.2 Å². The van der Waals surface area contributed by atoms with Gasteiger partial charge in [0.2, 0.25) is 5.91 Å². The molecule has 0 saturated heterocycles. The minimum Gasteiger partial charge on any atom is -0.350 e. The van der Waals surface area contributed by atoms with Gasteiger partial charge in [-0.05, 0) is 42.8 Å². The summed E-state index contributed by atoms with van der Waals surface area (Å²) in [4.78, 5) is 29.7. The summed E-state index contributed by atoms with van der Waals surface area (Å²) in [6.45, 7) is 2.06. The zero-order valence-electron chi connectivity index (χ0n) is 14.5. The zero-order chi connectivity index (χ0) is 19.0. The van der Waals surface area contributed by atoms with Crippen LogP contribution in [-0.2, 0) is 17.9 Å². The zero-order valence-corrected chi connectivity index (χ0v) is 15.3. The molecule has 0 aliphatic carbocycles. The molecule has 0 bridgehead atoms. The molecular formula is C19H16ClN5O2. The quantitative estimate of drug-likeness (QED) is 0.588. The molecule has 7 nitrogen and oxygen atoms in total. The third-order valence-corrected chi connectivity index (χ3v) is 4.51. The van der Waals surface area contributed by atoms with E-state index >= 15 is 0 Å². The number of aryl methyl sites for hydroxylation is 1. The van der Waals surface area contributed by atoms with Crippen molar-refractivity contribution in [2.75, 3.05) is 0 Å². The van der Waals surface area contributed by atoms with Crippen molar-refractivity contribution in [3.8, 4) is 0 Å². The van der Waals surface area contributed by atoms with Crippen LogP contribution >= 0.6 is 11.6 Å². The van der Waals surface area contributed by atoms with Crippen LogP contribution in [-0.4, -0.2) is 25.1 Å². The Hall–Kier alpha value is -3.19. The minimum atomic E-state index is -0.280. The number of hydrogen-bond acceptors (Lipinski definition) is 4. The number of aromatic nitrogens is 4. The van der Waals surface area contributed by atoms with Gasteiger partial charge in [-0.2, -0.15) is 5.10 Å². The summed E-state index contributed by atoms with van der Waals surface area (Å²) in [7, 11) is 0. The van der Waals surface area contributed by atoms with Crippen LogP contribution in [0, 0.1) is 6.92 Å². The number of carbonyl (C=O) groups is 1. The van der Waals surface area contributed by atoms with Gasteiger partial charge >= 0.3 is 0 Å². The van der Waals surface area contributed by atoms with E-state index in [1.165, 1.54) is 9.08 Å². The molecule has 8 heteroatoms. The number of nitrogens with zero attached hydrogens (tertiary/aromatic N) is 4. The molecule has 0 unspecified atom stereocenters. The van der Waals surface area contributed by atoms with Crippen molar-refractivity contribution in [3.05, 3.63) is 75.3 Å². The predicted molar refractivity (Wildman–Crippen MR) is 103 cm³/mol. The highest BCUT2D eigenvalue weighted by Crippen LogP contribution is 2.13. The summed E-state index contributed by atoms with van der Waals surface area (Å²) in [5.41, 5.74) is 2.84. The molecule has 1 amide bonds. The van der Waals surface area contributed by atoms with Crippen LogP contribution in [0.3, 0.4) is 0 Å². The SMILES string of the molecule is Cc1cc2c(=O)n(CC(=O)NCc3ccc(Cl)cc3)c3cccnc3n2n1. The third-order valence-electron chi connectivity index (χ3n) is 4.26. The molecule has 4 aromatic rings. The van der Waals surface area contributed by atoms with Gasteiger partial charge in [0.25, 0.3) is 5.56 Å². The average molecular weight is 382 g/mol. The maximum Gasteiger partial charge on any atom is 0.277 e. The first-order valence-corrected chi connectivity index (χ1v) is 8.76. The number of halogens is 1. The molecule has 136 valence electrons. The van der Waals surface area contributed by atoms with Crippen molar-refractivity contribution >= 4 is 34.2 Å². The molecule has 0 atom stereocenters. The van der Waals surface area contributed by atoms with Gasteiger partial charge in [0, 0.05) is 17.8 Å². The number of pyridine rings is 1. The predicted octanol–water partition coefficient (Wildman–Crippen LogP) is 2.32. The first-order chi connectivity index (χ1) is 13.0. The van der Waals surface area contributed by atoms with Crippen molar-refractivity contribution in [2.45, 2.75) is 20.0 Å². The van der Waals surface area contributed by atoms with Gasteiger partial charge in [0.1, 0.15) is 12.1 Å². The highest BCUT2D eigenvalue weighted by atomic mass is 35.5. The Morgan fingerprint density at radius 2 is 1.96 bits per heavy atom. The van der Waals surface area contributed by atoms with Crippen molar-refractivity contribution in [2.24, 2.45) is 0 Å². The molecular weight excluding hydrogens is 366 g/mol. The highest BCUT2D eigenvalue weighted by Gasteiger charge is 2.15. The summed E-state index contributed by atoms with van der Waals surface area (Å²) in [5, 5.41) is 7.80. The standard InChI is InChI=1S/C19H16ClN5O2/c1-12-9-16-19(27)24(15-3-2-8-21-18(15)25(16)23-12)11-17(26)22-10-13-4-6-14(20)7-5-13/h2-9H,10-11H2,1H3,(H,22,26). The Balaban J connectivity index is 1.66. The summed E-state index contributed by atoms with van der Waals surface area (Å²) >= 11 is 5.87. The Kier molecular flexibility index (Phi) is 4.37. The lowest BCUT2D eigenvalue weighted by molar-refractivity contribution is -0.121. The van der Waals surface area contributed by atoms with Crippen molar-refractivity contribution in [1.82, 2.24) is 24.5 Å². The van der Waals surface area contributed by atoms with Crippen LogP contribution in [0.4, 0.5) is 0 Å². The van der Waals surface area contributed by atoms with Crippen LogP contribution in [0.25, 0.3) is 16.7 Å². The smallest absolute Gasteiger partial charge is 0.277 e. The molecule has 0 fully saturated rings. The Morgan fingerprint density at radius 1 is 1.19 bits per heavy atom. The van der Waals surface area contributed by atoms with E-state index in [1.807, 2.05) is 19.1 Å². The van der Waals surface area contributed by atoms with Gasteiger partial charge in [-0.25, -0.2) is 9.50 Å². The van der Waals surface area contributed by atoms with Crippen LogP contribution in [0.15, 0.2) is 53.5 Å². The van der Waals surface area contributed by atoms with Crippen LogP contribution in [0.2, 0.25) is 5.02 Å². The van der Waals surface area contributed by atoms with E-state index in [2.05, 4.69) is 15.4 Å². The minimum absolute atomic E-state index is 0.102. The van der Waals surface area contributed by atoms with Gasteiger partial charge in [0.15, 0.2) is 5.65 Å². The fourth-order valence-electron chi connectivity index (χ4n) is 2.98. The summed E-state index contributed by atoms with van der Waals surface area (Å²) < 4.78 is 2.95. The molecule has 27 heavy (non-hydrogen) atoms. The maximum absolute atomic E-state index is 12.9. The van der Waals surface area contributed by atoms with Crippen LogP contribution in [0.5, 0.6) is 0 Å². The van der Waals surface area contributed by atoms with Crippen molar-refractivity contribution in [3.63, 3.8) is 0 Å². The topological polar surface area (TPSA) is 81.3 Å². The van der Waals surface area contributed by atoms with Gasteiger partial charge in [0.05, 0.1) is 11.2 Å². The molecule has 0 saturated carbocycles. The number of amides is 1. The van der Waals surface area contributed by atoms with E-state index in [0.717, 1.165) is 5.56 Å². The molecule has 0 aliphatic rings. The molecule has 0 aliphatic heterocycles. The van der Waals surface area contributed by atoms with Gasteiger partial charge in [-0.1, -0.05) is 23.7 Å². The molecule has 0 radical (unpaired) electrons. The first kappa shape index (κ1) is 17.2. The van der Waals surface area contributed by atoms with Crippen molar-refractivity contribution < 1.29 is 4.79 Å². The highest BCUT2D eigenvalue weighted by molar-refractivity contribution is 6.30. The van der Waals surface area contributed by atoms with Crippen LogP contribution < -0.4 is 10.9 Å². The van der Waals surface area contributed by atoms with Gasteiger partial charge < -0.3 is 5.32 Å². The molecule has 1 aromatic carbocycles. The number of rotatable bonds is 4. The van der Waals surface area contributed by atoms with E-state index in [9.17, 15) is 9.59 Å². The van der Waals surface area contributed by atoms with Crippen LogP contribution in [0.1, 0.15) is 11.3 Å². The maximum atomic E-state index is 12.9. The van der Waals surface area contributed by atoms with Crippen molar-refractivity contribution in [1.29, 1.82) is 0 Å². The molecule has 3 aromatic heterocycles. The molecule has 1 N–H and O–H groups in total. The number of carbonyl (C=O) groups excluding carboxylic acids is 1. The molecule has 4 rings (SSSR count). The second kappa shape index (κ2) is 6.85. The second-order valence-electron chi connectivity index (χ2n) is 6.22. The molecule has 3 heterocycles. The number of nitrogens with one attached hydrogen (secondary N) is 1. The lowest BCUT2D eigenvalue weighted by Gasteiger charge is -2.11. The fourth-order valence-corrected chi connectivity index (χ4v) is 3.11. The van der Waals surface area contributed by atoms with E-state index in [-0.39, 0.29) is 18.0 Å². The lowest BCUT2D eigenvalue weighted by atomic mass is 10.2. The van der Waals surface area contributed by atoms with E-state index in [4.69, 9.17) is 11.6 Å². The Bertz CT molecular complexity index is 1210. The van der Waals surface area contributed by atoms with Gasteiger partial charge in [-0.15, -0.1) is 0 Å². The normalized spacial score (nSPS) is 11.2. The Morgan fingerprint density at radius 3 is 2.74 bits per heavy atom. The number of hydrogen-bond donors (Lipinski definition) is 1. The summed E-state index contributed by atoms with van der Waals surface area (Å²) in [5.74, 6) is -0.266. The lowest BCUT2D eigenvalue weighted by Crippen LogP contribution is -2.33. The average Bonchev–Trinajstić information content (AvgIpc) is 3.07. The van der Waals surface area contributed by atoms with E-state index in [1.54, 1.807) is 36.5 Å². The summed E-state index contributed by atoms with van der Waals surface area (Å²) in [6.07, 6.45) is 1.63. The third kappa shape index (κ3) is 3.29.